The smallest absolute Gasteiger partial charge is 0.407 e. The van der Waals surface area contributed by atoms with Crippen molar-refractivity contribution >= 4 is 73.9 Å². The van der Waals surface area contributed by atoms with E-state index in [1.54, 1.807) is 52.0 Å². The number of piperidine rings is 2. The molecule has 9 aromatic rings. The van der Waals surface area contributed by atoms with Crippen LogP contribution in [0.1, 0.15) is 106 Å². The van der Waals surface area contributed by atoms with Crippen molar-refractivity contribution in [2.24, 2.45) is 37.8 Å². The van der Waals surface area contributed by atoms with Crippen LogP contribution in [0.3, 0.4) is 0 Å². The lowest BCUT2D eigenvalue weighted by molar-refractivity contribution is -0.122. The Morgan fingerprint density at radius 1 is 0.617 bits per heavy atom. The van der Waals surface area contributed by atoms with Crippen LogP contribution in [-0.2, 0) is 48.0 Å². The summed E-state index contributed by atoms with van der Waals surface area (Å²) in [6.07, 6.45) is 8.68. The average molecular weight is 1270 g/mol. The second kappa shape index (κ2) is 23.9. The number of Topliss-reactive ketones (excluding diaryl/α,β-unsaturated/α-hetero) is 1. The average Bonchev–Trinajstić information content (AvgIpc) is 1.59. The first-order valence-corrected chi connectivity index (χ1v) is 32.9. The van der Waals surface area contributed by atoms with Crippen molar-refractivity contribution in [3.8, 4) is 34.5 Å². The number of carbonyl (C=O) groups is 5. The normalized spacial score (nSPS) is 21.6. The van der Waals surface area contributed by atoms with Gasteiger partial charge in [0.15, 0.2) is 17.4 Å². The van der Waals surface area contributed by atoms with E-state index in [9.17, 15) is 24.0 Å². The fourth-order valence-corrected chi connectivity index (χ4v) is 15.1. The van der Waals surface area contributed by atoms with E-state index in [1.165, 1.54) is 31.2 Å². The molecule has 4 aliphatic carbocycles. The van der Waals surface area contributed by atoms with E-state index in [4.69, 9.17) is 33.9 Å². The maximum absolute atomic E-state index is 14.7. The van der Waals surface area contributed by atoms with Crippen molar-refractivity contribution in [1.29, 1.82) is 0 Å². The van der Waals surface area contributed by atoms with E-state index < -0.39 is 35.5 Å². The Bertz CT molecular complexity index is 4470. The number of likely N-dealkylation sites (tertiary alicyclic amines) is 2. The first-order valence-electron chi connectivity index (χ1n) is 32.9. The number of benzene rings is 3. The Kier molecular flexibility index (Phi) is 15.8. The van der Waals surface area contributed by atoms with Gasteiger partial charge in [-0.25, -0.2) is 29.5 Å². The minimum absolute atomic E-state index is 0.0434. The van der Waals surface area contributed by atoms with Crippen LogP contribution in [0.15, 0.2) is 103 Å². The molecule has 4 amide bonds. The van der Waals surface area contributed by atoms with Gasteiger partial charge in [0, 0.05) is 105 Å². The third-order valence-electron chi connectivity index (χ3n) is 19.6. The van der Waals surface area contributed by atoms with Crippen LogP contribution < -0.4 is 20.1 Å². The zero-order chi connectivity index (χ0) is 65.8. The molecule has 22 nitrogen and oxygen atoms in total. The van der Waals surface area contributed by atoms with Crippen molar-refractivity contribution in [3.63, 3.8) is 0 Å². The zero-order valence-electron chi connectivity index (χ0n) is 55.4. The van der Waals surface area contributed by atoms with E-state index >= 15 is 0 Å². The summed E-state index contributed by atoms with van der Waals surface area (Å²) in [7, 11) is 9.27. The summed E-state index contributed by atoms with van der Waals surface area (Å²) in [4.78, 5) is 92.6. The van der Waals surface area contributed by atoms with Gasteiger partial charge in [0.25, 0.3) is 11.8 Å². The summed E-state index contributed by atoms with van der Waals surface area (Å²) in [6.45, 7) is 14.4. The van der Waals surface area contributed by atoms with Crippen LogP contribution in [0.25, 0.3) is 67.2 Å². The molecule has 6 aromatic heterocycles. The van der Waals surface area contributed by atoms with Crippen LogP contribution >= 0.6 is 0 Å². The number of amides is 4. The standard InChI is InChI=1S/C40H47N7O4.C32H36N6O5/c1-40(2,3)51-39(49)43-33-28-19-30(44(4)21-24-11-8-7-9-12-24)35(33)47(23-28)38(48)27-17-29-34(32(20-27)50-6)45(5)37(42-29)31-18-26-13-10-16-41-36(26)46(31)22-25-14-15-25;1-32(2,3)43-31(41)35-25-20-13-23(39)27(25)38(16-20)30(40)19-11-21-26(24(14-19)42-5)36(4)29(34-21)22-12-18-7-6-10-33-28(18)37(22)15-17-8-9-17/h7-13,16-18,20,25,28,30,33,35H,14-15,19,21-23H2,1-6H3,(H,43,49);6-7,10-12,14,17,20,25,27H,8-9,13,15-16H2,1-5H3,(H,35,41)/t28-,30?,33-,35-;20-,25-,27-/m11/s1. The minimum Gasteiger partial charge on any atom is -0.494 e. The second-order valence-electron chi connectivity index (χ2n) is 28.7. The van der Waals surface area contributed by atoms with E-state index in [0.717, 1.165) is 82.2 Å². The lowest BCUT2D eigenvalue weighted by atomic mass is 10.0. The molecule has 4 saturated carbocycles. The number of nitrogens with zero attached hydrogens (tertiary/aromatic N) is 11. The number of aromatic nitrogens is 8. The predicted molar refractivity (Wildman–Crippen MR) is 356 cm³/mol. The van der Waals surface area contributed by atoms with Crippen LogP contribution in [0.2, 0.25) is 0 Å². The number of imidazole rings is 2. The van der Waals surface area contributed by atoms with E-state index in [2.05, 4.69) is 77.7 Å². The third kappa shape index (κ3) is 11.8. The van der Waals surface area contributed by atoms with Crippen LogP contribution in [0.5, 0.6) is 11.5 Å². The summed E-state index contributed by atoms with van der Waals surface area (Å²) in [5, 5.41) is 8.15. The maximum atomic E-state index is 14.7. The molecule has 3 aromatic carbocycles. The Balaban J connectivity index is 0.000000165. The molecule has 6 fully saturated rings. The Labute approximate surface area is 545 Å². The van der Waals surface area contributed by atoms with Crippen molar-refractivity contribution in [1.82, 2.24) is 63.5 Å². The molecule has 15 rings (SSSR count). The summed E-state index contributed by atoms with van der Waals surface area (Å²) in [6, 6.07) is 28.2. The number of ether oxygens (including phenoxy) is 4. The van der Waals surface area contributed by atoms with Gasteiger partial charge in [-0.1, -0.05) is 30.3 Å². The number of nitrogens with one attached hydrogen (secondary N) is 2. The van der Waals surface area contributed by atoms with Gasteiger partial charge in [0.05, 0.1) is 54.8 Å². The number of alkyl carbamates (subject to hydrolysis) is 2. The van der Waals surface area contributed by atoms with Crippen molar-refractivity contribution in [2.45, 2.75) is 141 Å². The molecule has 2 aliphatic heterocycles. The topological polar surface area (TPSA) is 227 Å². The third-order valence-corrected chi connectivity index (χ3v) is 19.6. The summed E-state index contributed by atoms with van der Waals surface area (Å²) in [5.41, 5.74) is 7.56. The Morgan fingerprint density at radius 2 is 1.11 bits per heavy atom. The summed E-state index contributed by atoms with van der Waals surface area (Å²) < 4.78 is 31.4. The van der Waals surface area contributed by atoms with Crippen LogP contribution in [-0.4, -0.2) is 158 Å². The van der Waals surface area contributed by atoms with Gasteiger partial charge in [-0.3, -0.25) is 19.3 Å². The molecule has 8 heterocycles. The number of methoxy groups -OCH3 is 2. The predicted octanol–water partition coefficient (Wildman–Crippen LogP) is 10.6. The van der Waals surface area contributed by atoms with Crippen LogP contribution in [0, 0.1) is 23.7 Å². The summed E-state index contributed by atoms with van der Waals surface area (Å²) >= 11 is 0. The number of likely N-dealkylation sites (N-methyl/N-ethyl adjacent to an activating group) is 1. The number of pyridine rings is 2. The molecule has 4 bridgehead atoms. The van der Waals surface area contributed by atoms with Gasteiger partial charge in [-0.15, -0.1) is 0 Å². The highest BCUT2D eigenvalue weighted by atomic mass is 16.6. The second-order valence-corrected chi connectivity index (χ2v) is 28.7. The zero-order valence-corrected chi connectivity index (χ0v) is 55.4. The molecule has 22 heteroatoms. The fourth-order valence-electron chi connectivity index (χ4n) is 15.1. The molecule has 2 N–H and O–H groups in total. The molecule has 94 heavy (non-hydrogen) atoms. The number of ketones is 1. The molecule has 2 saturated heterocycles. The number of carbonyl (C=O) groups excluding carboxylic acids is 5. The number of fused-ring (bicyclic) bond motifs is 8. The lowest BCUT2D eigenvalue weighted by Gasteiger charge is -2.38. The van der Waals surface area contributed by atoms with Crippen LogP contribution in [0.4, 0.5) is 9.59 Å². The highest BCUT2D eigenvalue weighted by Gasteiger charge is 2.57. The molecule has 1 unspecified atom stereocenters. The fraction of sp³-hybridized carbons (Fsp3) is 0.458. The first-order chi connectivity index (χ1) is 45.0. The molecule has 0 radical (unpaired) electrons. The van der Waals surface area contributed by atoms with Gasteiger partial charge in [-0.2, -0.15) is 0 Å². The van der Waals surface area contributed by atoms with Gasteiger partial charge in [-0.05, 0) is 159 Å². The van der Waals surface area contributed by atoms with Gasteiger partial charge >= 0.3 is 12.2 Å². The number of rotatable bonds is 15. The van der Waals surface area contributed by atoms with Crippen molar-refractivity contribution < 1.29 is 42.9 Å². The lowest BCUT2D eigenvalue weighted by Crippen LogP contribution is -2.55. The monoisotopic (exact) mass is 1270 g/mol. The maximum Gasteiger partial charge on any atom is 0.407 e. The molecular weight excluding hydrogens is 1190 g/mol. The molecule has 6 aliphatic rings. The molecule has 490 valence electrons. The van der Waals surface area contributed by atoms with Crippen molar-refractivity contribution in [2.75, 3.05) is 34.4 Å². The minimum atomic E-state index is -0.739. The highest BCUT2D eigenvalue weighted by molar-refractivity contribution is 6.04. The van der Waals surface area contributed by atoms with Gasteiger partial charge in [0.2, 0.25) is 0 Å². The summed E-state index contributed by atoms with van der Waals surface area (Å²) in [5.74, 6) is 3.42. The molecule has 7 atom stereocenters. The Morgan fingerprint density at radius 3 is 1.60 bits per heavy atom. The SMILES string of the molecule is COc1cc(C(=O)N2C[C@H]3CC(=O)[C@@H]2[C@@H]3NC(=O)OC(C)(C)C)cc2nc(-c3cc4cccnc4n3CC3CC3)n(C)c12.COc1cc(C(=O)N2C[C@H]3CC(N(C)Cc4ccccc4)[C@@H]2[C@@H]3NC(=O)OC(C)(C)C)cc2nc(-c3cc4cccnc4n3CC3CC3)n(C)c12. The quantitative estimate of drug-likeness (QED) is 0.0974. The molecular formula is C72H83N13O9. The highest BCUT2D eigenvalue weighted by Crippen LogP contribution is 2.45. The van der Waals surface area contributed by atoms with Gasteiger partial charge < -0.3 is 57.6 Å². The molecule has 0 spiro atoms. The first kappa shape index (κ1) is 62.2. The van der Waals surface area contributed by atoms with E-state index in [-0.39, 0.29) is 47.6 Å². The number of hydrogen-bond acceptors (Lipinski definition) is 14. The largest absolute Gasteiger partial charge is 0.494 e. The Hall–Kier alpha value is -9.31. The van der Waals surface area contributed by atoms with Crippen molar-refractivity contribution in [3.05, 3.63) is 120 Å². The number of aryl methyl sites for hydroxylation is 2. The number of hydrogen-bond donors (Lipinski definition) is 2. The van der Waals surface area contributed by atoms with E-state index in [0.29, 0.717) is 65.0 Å². The van der Waals surface area contributed by atoms with E-state index in [1.807, 2.05) is 99.2 Å². The van der Waals surface area contributed by atoms with Gasteiger partial charge in [0.1, 0.15) is 51.1 Å².